The first-order valence-electron chi connectivity index (χ1n) is 6.86. The Morgan fingerprint density at radius 3 is 2.53 bits per heavy atom. The molecule has 1 atom stereocenters. The number of nitrogens with zero attached hydrogens (tertiary/aromatic N) is 1. The van der Waals surface area contributed by atoms with Gasteiger partial charge in [0.2, 0.25) is 5.90 Å². The minimum absolute atomic E-state index is 0.187. The van der Waals surface area contributed by atoms with E-state index in [4.69, 9.17) is 9.73 Å². The van der Waals surface area contributed by atoms with Gasteiger partial charge in [0.1, 0.15) is 6.61 Å². The van der Waals surface area contributed by atoms with Crippen molar-refractivity contribution in [2.24, 2.45) is 10.9 Å². The van der Waals surface area contributed by atoms with Gasteiger partial charge in [0, 0.05) is 15.2 Å². The van der Waals surface area contributed by atoms with Crippen LogP contribution in [0.15, 0.2) is 34.2 Å². The van der Waals surface area contributed by atoms with Crippen LogP contribution in [0.3, 0.4) is 0 Å². The van der Waals surface area contributed by atoms with Crippen LogP contribution < -0.4 is 0 Å². The molecule has 0 bridgehead atoms. The molecule has 0 unspecified atom stereocenters. The summed E-state index contributed by atoms with van der Waals surface area (Å²) in [6.07, 6.45) is 0. The van der Waals surface area contributed by atoms with Gasteiger partial charge in [0.25, 0.3) is 0 Å². The topological polar surface area (TPSA) is 21.6 Å². The third-order valence-corrected chi connectivity index (χ3v) is 4.17. The van der Waals surface area contributed by atoms with Crippen LogP contribution in [0.1, 0.15) is 40.2 Å². The van der Waals surface area contributed by atoms with E-state index < -0.39 is 0 Å². The Balaban J connectivity index is 2.28. The highest BCUT2D eigenvalue weighted by atomic mass is 32.2. The molecule has 0 radical (unpaired) electrons. The van der Waals surface area contributed by atoms with Crippen LogP contribution >= 0.6 is 11.8 Å². The number of benzene rings is 1. The number of aliphatic imine (C=N–C) groups is 1. The summed E-state index contributed by atoms with van der Waals surface area (Å²) in [7, 11) is 0. The van der Waals surface area contributed by atoms with E-state index in [0.29, 0.717) is 18.6 Å². The van der Waals surface area contributed by atoms with E-state index in [1.54, 1.807) is 0 Å². The normalized spacial score (nSPS) is 19.5. The van der Waals surface area contributed by atoms with Gasteiger partial charge >= 0.3 is 0 Å². The first-order chi connectivity index (χ1) is 8.87. The summed E-state index contributed by atoms with van der Waals surface area (Å²) in [5.74, 6) is 1.34. The molecule has 0 N–H and O–H groups in total. The van der Waals surface area contributed by atoms with E-state index in [0.717, 1.165) is 11.5 Å². The maximum atomic E-state index is 5.80. The van der Waals surface area contributed by atoms with E-state index in [1.807, 2.05) is 11.8 Å². The summed E-state index contributed by atoms with van der Waals surface area (Å²) in [6.45, 7) is 11.8. The lowest BCUT2D eigenvalue weighted by Crippen LogP contribution is -2.13. The predicted octanol–water partition coefficient (Wildman–Crippen LogP) is 4.38. The lowest BCUT2D eigenvalue weighted by molar-refractivity contribution is 0.291. The summed E-state index contributed by atoms with van der Waals surface area (Å²) >= 11 is 1.86. The van der Waals surface area contributed by atoms with Crippen LogP contribution in [-0.2, 0) is 4.74 Å². The molecule has 104 valence electrons. The van der Waals surface area contributed by atoms with Crippen LogP contribution in [0.2, 0.25) is 0 Å². The molecule has 0 saturated carbocycles. The Morgan fingerprint density at radius 2 is 1.95 bits per heavy atom. The maximum Gasteiger partial charge on any atom is 0.217 e. The van der Waals surface area contributed by atoms with Gasteiger partial charge < -0.3 is 4.74 Å². The zero-order valence-corrected chi connectivity index (χ0v) is 13.3. The number of rotatable bonds is 3. The number of ether oxygens (including phenoxy) is 1. The van der Waals surface area contributed by atoms with Crippen molar-refractivity contribution >= 4 is 17.7 Å². The zero-order valence-electron chi connectivity index (χ0n) is 12.4. The number of thioether (sulfide) groups is 1. The first-order valence-corrected chi connectivity index (χ1v) is 7.67. The zero-order chi connectivity index (χ0) is 14.0. The number of hydrogen-bond acceptors (Lipinski definition) is 3. The highest BCUT2D eigenvalue weighted by molar-refractivity contribution is 8.00. The summed E-state index contributed by atoms with van der Waals surface area (Å²) in [5, 5.41) is 0. The molecule has 1 aromatic carbocycles. The molecule has 2 rings (SSSR count). The number of hydrogen-bond donors (Lipinski definition) is 0. The van der Waals surface area contributed by atoms with E-state index in [9.17, 15) is 0 Å². The van der Waals surface area contributed by atoms with E-state index in [1.165, 1.54) is 4.90 Å². The summed E-state index contributed by atoms with van der Waals surface area (Å²) < 4.78 is 5.99. The van der Waals surface area contributed by atoms with Crippen LogP contribution in [0, 0.1) is 5.92 Å². The van der Waals surface area contributed by atoms with Crippen molar-refractivity contribution in [1.82, 2.24) is 0 Å². The molecule has 3 heteroatoms. The van der Waals surface area contributed by atoms with Crippen molar-refractivity contribution in [3.63, 3.8) is 0 Å². The highest BCUT2D eigenvalue weighted by Crippen LogP contribution is 2.35. The average molecular weight is 277 g/mol. The molecular formula is C16H23NOS. The van der Waals surface area contributed by atoms with Gasteiger partial charge in [-0.05, 0) is 18.1 Å². The fourth-order valence-corrected chi connectivity index (χ4v) is 3.01. The fraction of sp³-hybridized carbons (Fsp3) is 0.562. The Hall–Kier alpha value is -0.960. The summed E-state index contributed by atoms with van der Waals surface area (Å²) in [5.41, 5.74) is 1.13. The van der Waals surface area contributed by atoms with Crippen molar-refractivity contribution in [3.05, 3.63) is 29.8 Å². The predicted molar refractivity (Wildman–Crippen MR) is 83.2 cm³/mol. The molecule has 1 aromatic rings. The largest absolute Gasteiger partial charge is 0.475 e. The molecule has 0 saturated heterocycles. The third kappa shape index (κ3) is 3.75. The minimum Gasteiger partial charge on any atom is -0.475 e. The van der Waals surface area contributed by atoms with Gasteiger partial charge in [0.15, 0.2) is 0 Å². The van der Waals surface area contributed by atoms with E-state index >= 15 is 0 Å². The SMILES string of the molecule is CC(C)[C@@H]1COC(c2ccccc2SC(C)(C)C)=N1. The molecular weight excluding hydrogens is 254 g/mol. The first kappa shape index (κ1) is 14.4. The van der Waals surface area contributed by atoms with Gasteiger partial charge in [0.05, 0.1) is 6.04 Å². The van der Waals surface area contributed by atoms with Crippen LogP contribution in [0.25, 0.3) is 0 Å². The van der Waals surface area contributed by atoms with Crippen molar-refractivity contribution in [2.45, 2.75) is 50.3 Å². The minimum atomic E-state index is 0.187. The molecule has 0 spiro atoms. The van der Waals surface area contributed by atoms with Crippen LogP contribution in [0.4, 0.5) is 0 Å². The molecule has 0 aromatic heterocycles. The smallest absolute Gasteiger partial charge is 0.217 e. The van der Waals surface area contributed by atoms with Crippen LogP contribution in [-0.4, -0.2) is 23.3 Å². The van der Waals surface area contributed by atoms with Gasteiger partial charge in [-0.15, -0.1) is 11.8 Å². The summed E-state index contributed by atoms with van der Waals surface area (Å²) in [6, 6.07) is 8.68. The second-order valence-electron chi connectivity index (χ2n) is 6.27. The highest BCUT2D eigenvalue weighted by Gasteiger charge is 2.25. The second-order valence-corrected chi connectivity index (χ2v) is 8.14. The monoisotopic (exact) mass is 277 g/mol. The Morgan fingerprint density at radius 1 is 1.26 bits per heavy atom. The molecule has 19 heavy (non-hydrogen) atoms. The van der Waals surface area contributed by atoms with Crippen molar-refractivity contribution in [3.8, 4) is 0 Å². The molecule has 0 amide bonds. The lowest BCUT2D eigenvalue weighted by Gasteiger charge is -2.19. The summed E-state index contributed by atoms with van der Waals surface area (Å²) in [4.78, 5) is 5.98. The van der Waals surface area contributed by atoms with Gasteiger partial charge in [-0.2, -0.15) is 0 Å². The van der Waals surface area contributed by atoms with Gasteiger partial charge in [-0.1, -0.05) is 46.8 Å². The molecule has 2 nitrogen and oxygen atoms in total. The van der Waals surface area contributed by atoms with Gasteiger partial charge in [-0.3, -0.25) is 0 Å². The van der Waals surface area contributed by atoms with Crippen molar-refractivity contribution < 1.29 is 4.74 Å². The standard InChI is InChI=1S/C16H23NOS/c1-11(2)13-10-18-15(17-13)12-8-6-7-9-14(12)19-16(3,4)5/h6-9,11,13H,10H2,1-5H3/t13-/m0/s1. The lowest BCUT2D eigenvalue weighted by atomic mass is 10.1. The maximum absolute atomic E-state index is 5.80. The molecule has 1 aliphatic rings. The van der Waals surface area contributed by atoms with Crippen molar-refractivity contribution in [1.29, 1.82) is 0 Å². The Bertz CT molecular complexity index is 474. The molecule has 0 fully saturated rings. The van der Waals surface area contributed by atoms with Gasteiger partial charge in [-0.25, -0.2) is 4.99 Å². The molecule has 1 heterocycles. The quantitative estimate of drug-likeness (QED) is 0.765. The van der Waals surface area contributed by atoms with Crippen molar-refractivity contribution in [2.75, 3.05) is 6.61 Å². The Labute approximate surface area is 120 Å². The van der Waals surface area contributed by atoms with E-state index in [2.05, 4.69) is 58.9 Å². The fourth-order valence-electron chi connectivity index (χ4n) is 1.94. The van der Waals surface area contributed by atoms with E-state index in [-0.39, 0.29) is 4.75 Å². The van der Waals surface area contributed by atoms with Crippen LogP contribution in [0.5, 0.6) is 0 Å². The molecule has 1 aliphatic heterocycles. The second kappa shape index (κ2) is 5.58. The third-order valence-electron chi connectivity index (χ3n) is 2.98. The average Bonchev–Trinajstić information content (AvgIpc) is 2.76. The Kier molecular flexibility index (Phi) is 4.24. The molecule has 0 aliphatic carbocycles.